The van der Waals surface area contributed by atoms with Crippen LogP contribution in [-0.2, 0) is 20.9 Å². The van der Waals surface area contributed by atoms with Gasteiger partial charge in [0.15, 0.2) is 5.76 Å². The predicted molar refractivity (Wildman–Crippen MR) is 67.3 cm³/mol. The van der Waals surface area contributed by atoms with E-state index in [1.54, 1.807) is 6.07 Å². The Kier molecular flexibility index (Phi) is 4.41. The Hall–Kier alpha value is -1.86. The van der Waals surface area contributed by atoms with Gasteiger partial charge < -0.3 is 23.9 Å². The molecular formula is C13H17NO6. The van der Waals surface area contributed by atoms with Crippen LogP contribution in [0, 0.1) is 0 Å². The molecule has 2 unspecified atom stereocenters. The molecule has 1 amide bonds. The molecule has 0 aromatic carbocycles. The first-order chi connectivity index (χ1) is 9.56. The Labute approximate surface area is 116 Å². The molecule has 0 radical (unpaired) electrons. The van der Waals surface area contributed by atoms with Gasteiger partial charge in [0.1, 0.15) is 18.4 Å². The van der Waals surface area contributed by atoms with Crippen LogP contribution in [-0.4, -0.2) is 54.8 Å². The van der Waals surface area contributed by atoms with Crippen LogP contribution in [0.3, 0.4) is 0 Å². The number of aliphatic carboxylic acids is 1. The lowest BCUT2D eigenvalue weighted by atomic mass is 10.2. The van der Waals surface area contributed by atoms with Crippen molar-refractivity contribution in [3.05, 3.63) is 23.7 Å². The summed E-state index contributed by atoms with van der Waals surface area (Å²) in [6.07, 6.45) is 0.0110. The number of furan rings is 1. The zero-order valence-corrected chi connectivity index (χ0v) is 11.4. The molecule has 2 atom stereocenters. The Morgan fingerprint density at radius 1 is 1.45 bits per heavy atom. The molecule has 1 aliphatic rings. The number of carboxylic acids is 1. The van der Waals surface area contributed by atoms with Crippen molar-refractivity contribution >= 4 is 11.9 Å². The molecule has 1 aromatic heterocycles. The maximum atomic E-state index is 12.3. The summed E-state index contributed by atoms with van der Waals surface area (Å²) >= 11 is 0. The third-order valence-electron chi connectivity index (χ3n) is 3.30. The van der Waals surface area contributed by atoms with Gasteiger partial charge in [-0.2, -0.15) is 0 Å². The van der Waals surface area contributed by atoms with E-state index in [1.165, 1.54) is 25.2 Å². The van der Waals surface area contributed by atoms with E-state index < -0.39 is 17.9 Å². The predicted octanol–water partition coefficient (Wildman–Crippen LogP) is 0.740. The van der Waals surface area contributed by atoms with Crippen molar-refractivity contribution in [1.82, 2.24) is 4.90 Å². The molecule has 1 N–H and O–H groups in total. The highest BCUT2D eigenvalue weighted by Gasteiger charge is 2.40. The van der Waals surface area contributed by atoms with Gasteiger partial charge >= 0.3 is 5.97 Å². The third kappa shape index (κ3) is 2.83. The molecule has 1 fully saturated rings. The van der Waals surface area contributed by atoms with E-state index in [1.807, 2.05) is 0 Å². The molecule has 1 aromatic rings. The number of carboxylic acid groups (broad SMARTS) is 1. The summed E-state index contributed by atoms with van der Waals surface area (Å²) in [7, 11) is 3.02. The van der Waals surface area contributed by atoms with Crippen LogP contribution in [0.1, 0.15) is 22.7 Å². The number of amides is 1. The van der Waals surface area contributed by atoms with Crippen molar-refractivity contribution < 1.29 is 28.6 Å². The van der Waals surface area contributed by atoms with Crippen molar-refractivity contribution in [1.29, 1.82) is 0 Å². The second kappa shape index (κ2) is 6.06. The zero-order chi connectivity index (χ0) is 14.7. The average molecular weight is 283 g/mol. The van der Waals surface area contributed by atoms with Gasteiger partial charge in [-0.15, -0.1) is 0 Å². The van der Waals surface area contributed by atoms with Crippen LogP contribution in [0.4, 0.5) is 0 Å². The minimum absolute atomic E-state index is 0.111. The Morgan fingerprint density at radius 2 is 2.20 bits per heavy atom. The van der Waals surface area contributed by atoms with E-state index in [0.29, 0.717) is 5.76 Å². The molecule has 7 heteroatoms. The molecule has 0 spiro atoms. The number of likely N-dealkylation sites (tertiary alicyclic amines) is 1. The van der Waals surface area contributed by atoms with Crippen molar-refractivity contribution in [2.45, 2.75) is 25.2 Å². The van der Waals surface area contributed by atoms with Crippen LogP contribution in [0.2, 0.25) is 0 Å². The lowest BCUT2D eigenvalue weighted by molar-refractivity contribution is -0.141. The van der Waals surface area contributed by atoms with Gasteiger partial charge in [-0.05, 0) is 12.1 Å². The lowest BCUT2D eigenvalue weighted by Gasteiger charge is -2.19. The summed E-state index contributed by atoms with van der Waals surface area (Å²) in [5.41, 5.74) is 0. The van der Waals surface area contributed by atoms with Gasteiger partial charge in [0.2, 0.25) is 0 Å². The summed E-state index contributed by atoms with van der Waals surface area (Å²) in [6.45, 7) is 0.503. The summed E-state index contributed by atoms with van der Waals surface area (Å²) < 4.78 is 15.4. The van der Waals surface area contributed by atoms with Crippen LogP contribution in [0.15, 0.2) is 16.5 Å². The molecule has 2 heterocycles. The average Bonchev–Trinajstić information content (AvgIpc) is 3.04. The van der Waals surface area contributed by atoms with Gasteiger partial charge in [-0.1, -0.05) is 0 Å². The molecule has 1 saturated heterocycles. The first kappa shape index (κ1) is 14.5. The van der Waals surface area contributed by atoms with Crippen LogP contribution < -0.4 is 0 Å². The first-order valence-corrected chi connectivity index (χ1v) is 6.21. The molecule has 1 aliphatic heterocycles. The van der Waals surface area contributed by atoms with Crippen molar-refractivity contribution in [2.75, 3.05) is 20.8 Å². The molecule has 2 rings (SSSR count). The van der Waals surface area contributed by atoms with E-state index in [-0.39, 0.29) is 31.4 Å². The van der Waals surface area contributed by atoms with Gasteiger partial charge in [0.25, 0.3) is 5.91 Å². The molecule has 0 aliphatic carbocycles. The monoisotopic (exact) mass is 283 g/mol. The van der Waals surface area contributed by atoms with E-state index in [4.69, 9.17) is 13.9 Å². The minimum Gasteiger partial charge on any atom is -0.480 e. The molecule has 110 valence electrons. The van der Waals surface area contributed by atoms with Crippen molar-refractivity contribution in [2.24, 2.45) is 0 Å². The standard InChI is InChI=1S/C13H17NO6/c1-18-7-8-3-4-11(20-8)12(15)14-6-9(19-2)5-10(14)13(16)17/h3-4,9-10H,5-7H2,1-2H3,(H,16,17). The van der Waals surface area contributed by atoms with Crippen molar-refractivity contribution in [3.63, 3.8) is 0 Å². The van der Waals surface area contributed by atoms with Crippen LogP contribution >= 0.6 is 0 Å². The molecule has 0 bridgehead atoms. The SMILES string of the molecule is COCc1ccc(C(=O)N2CC(OC)CC2C(=O)O)o1. The normalized spacial score (nSPS) is 22.2. The number of ether oxygens (including phenoxy) is 2. The lowest BCUT2D eigenvalue weighted by Crippen LogP contribution is -2.40. The number of methoxy groups -OCH3 is 2. The number of hydrogen-bond acceptors (Lipinski definition) is 5. The number of hydrogen-bond donors (Lipinski definition) is 1. The Bertz CT molecular complexity index is 497. The largest absolute Gasteiger partial charge is 0.480 e. The summed E-state index contributed by atoms with van der Waals surface area (Å²) in [5.74, 6) is -0.855. The third-order valence-corrected chi connectivity index (χ3v) is 3.30. The van der Waals surface area contributed by atoms with E-state index in [2.05, 4.69) is 0 Å². The smallest absolute Gasteiger partial charge is 0.326 e. The van der Waals surface area contributed by atoms with Crippen LogP contribution in [0.25, 0.3) is 0 Å². The van der Waals surface area contributed by atoms with Gasteiger partial charge in [-0.3, -0.25) is 4.79 Å². The summed E-state index contributed by atoms with van der Waals surface area (Å²) in [6, 6.07) is 2.27. The Morgan fingerprint density at radius 3 is 2.80 bits per heavy atom. The number of rotatable bonds is 5. The minimum atomic E-state index is -1.04. The second-order valence-electron chi connectivity index (χ2n) is 4.60. The number of carbonyl (C=O) groups excluding carboxylic acids is 1. The number of nitrogens with zero attached hydrogens (tertiary/aromatic N) is 1. The highest BCUT2D eigenvalue weighted by atomic mass is 16.5. The molecular weight excluding hydrogens is 266 g/mol. The zero-order valence-electron chi connectivity index (χ0n) is 11.4. The van der Waals surface area contributed by atoms with Crippen LogP contribution in [0.5, 0.6) is 0 Å². The van der Waals surface area contributed by atoms with E-state index in [9.17, 15) is 14.7 Å². The first-order valence-electron chi connectivity index (χ1n) is 6.21. The van der Waals surface area contributed by atoms with E-state index >= 15 is 0 Å². The van der Waals surface area contributed by atoms with Gasteiger partial charge in [0.05, 0.1) is 6.10 Å². The fraction of sp³-hybridized carbons (Fsp3) is 0.538. The summed E-state index contributed by atoms with van der Waals surface area (Å²) in [5, 5.41) is 9.18. The molecule has 7 nitrogen and oxygen atoms in total. The quantitative estimate of drug-likeness (QED) is 0.857. The molecule has 20 heavy (non-hydrogen) atoms. The maximum absolute atomic E-state index is 12.3. The second-order valence-corrected chi connectivity index (χ2v) is 4.60. The Balaban J connectivity index is 2.15. The van der Waals surface area contributed by atoms with Gasteiger partial charge in [-0.25, -0.2) is 4.79 Å². The highest BCUT2D eigenvalue weighted by Crippen LogP contribution is 2.23. The van der Waals surface area contributed by atoms with Crippen molar-refractivity contribution in [3.8, 4) is 0 Å². The van der Waals surface area contributed by atoms with Gasteiger partial charge in [0, 0.05) is 27.2 Å². The fourth-order valence-electron chi connectivity index (χ4n) is 2.28. The summed E-state index contributed by atoms with van der Waals surface area (Å²) in [4.78, 5) is 24.8. The maximum Gasteiger partial charge on any atom is 0.326 e. The highest BCUT2D eigenvalue weighted by molar-refractivity contribution is 5.94. The topological polar surface area (TPSA) is 89.2 Å². The van der Waals surface area contributed by atoms with E-state index in [0.717, 1.165) is 0 Å². The molecule has 0 saturated carbocycles. The number of carbonyl (C=O) groups is 2. The fourth-order valence-corrected chi connectivity index (χ4v) is 2.28.